The normalized spacial score (nSPS) is 26.3. The maximum absolute atomic E-state index is 12.4. The smallest absolute Gasteiger partial charge is 0.254 e. The van der Waals surface area contributed by atoms with E-state index in [1.165, 1.54) is 0 Å². The second-order valence-corrected chi connectivity index (χ2v) is 7.76. The van der Waals surface area contributed by atoms with Crippen molar-refractivity contribution in [2.24, 2.45) is 16.7 Å². The Hall–Kier alpha value is -1.45. The monoisotopic (exact) mass is 291 g/mol. The second kappa shape index (κ2) is 5.08. The van der Waals surface area contributed by atoms with Crippen LogP contribution < -0.4 is 5.32 Å². The predicted octanol–water partition coefficient (Wildman–Crippen LogP) is 3.65. The Morgan fingerprint density at radius 1 is 1.19 bits per heavy atom. The van der Waals surface area contributed by atoms with Crippen LogP contribution in [0.5, 0.6) is 0 Å². The van der Waals surface area contributed by atoms with Crippen LogP contribution in [0, 0.1) is 16.7 Å². The number of aromatic nitrogens is 2. The van der Waals surface area contributed by atoms with Gasteiger partial charge in [-0.25, -0.2) is 9.97 Å². The van der Waals surface area contributed by atoms with E-state index in [4.69, 9.17) is 0 Å². The fourth-order valence-corrected chi connectivity index (χ4v) is 3.66. The van der Waals surface area contributed by atoms with Gasteiger partial charge in [0.15, 0.2) is 0 Å². The number of nitrogens with zero attached hydrogens (tertiary/aromatic N) is 2. The molecule has 0 radical (unpaired) electrons. The van der Waals surface area contributed by atoms with E-state index in [1.807, 2.05) is 13.8 Å². The Morgan fingerprint density at radius 3 is 2.10 bits per heavy atom. The molecule has 1 amide bonds. The molecule has 0 aliphatic heterocycles. The molecular weight excluding hydrogens is 262 g/mol. The molecule has 4 heteroatoms. The first-order valence-electron chi connectivity index (χ1n) is 7.71. The van der Waals surface area contributed by atoms with Gasteiger partial charge in [0.25, 0.3) is 5.91 Å². The quantitative estimate of drug-likeness (QED) is 0.925. The van der Waals surface area contributed by atoms with Gasteiger partial charge in [-0.05, 0) is 16.7 Å². The van der Waals surface area contributed by atoms with E-state index in [-0.39, 0.29) is 30.1 Å². The molecule has 1 saturated carbocycles. The van der Waals surface area contributed by atoms with E-state index in [0.717, 1.165) is 5.82 Å². The van der Waals surface area contributed by atoms with Crippen molar-refractivity contribution in [3.63, 3.8) is 0 Å². The van der Waals surface area contributed by atoms with Crippen LogP contribution in [0.2, 0.25) is 0 Å². The summed E-state index contributed by atoms with van der Waals surface area (Å²) >= 11 is 0. The van der Waals surface area contributed by atoms with Crippen molar-refractivity contribution >= 4 is 5.91 Å². The van der Waals surface area contributed by atoms with Gasteiger partial charge in [0.05, 0.1) is 5.56 Å². The van der Waals surface area contributed by atoms with E-state index in [2.05, 4.69) is 49.9 Å². The molecule has 1 aliphatic carbocycles. The minimum absolute atomic E-state index is 0. The lowest BCUT2D eigenvalue weighted by Crippen LogP contribution is -2.69. The molecule has 1 aromatic heterocycles. The summed E-state index contributed by atoms with van der Waals surface area (Å²) in [6, 6.07) is 0.164. The molecule has 1 aliphatic rings. The highest BCUT2D eigenvalue weighted by Crippen LogP contribution is 2.58. The third kappa shape index (κ3) is 2.56. The van der Waals surface area contributed by atoms with E-state index in [0.29, 0.717) is 11.5 Å². The third-order valence-corrected chi connectivity index (χ3v) is 5.45. The van der Waals surface area contributed by atoms with Crippen molar-refractivity contribution in [1.82, 2.24) is 15.3 Å². The summed E-state index contributed by atoms with van der Waals surface area (Å²) in [6.07, 6.45) is 3.25. The van der Waals surface area contributed by atoms with Gasteiger partial charge in [-0.3, -0.25) is 4.79 Å². The average Bonchev–Trinajstić information content (AvgIpc) is 2.43. The molecule has 2 rings (SSSR count). The van der Waals surface area contributed by atoms with Gasteiger partial charge < -0.3 is 5.32 Å². The highest BCUT2D eigenvalue weighted by molar-refractivity contribution is 5.94. The molecule has 0 saturated heterocycles. The molecule has 0 unspecified atom stereocenters. The molecule has 0 bridgehead atoms. The maximum atomic E-state index is 12.4. The van der Waals surface area contributed by atoms with E-state index in [9.17, 15) is 4.79 Å². The standard InChI is InChI=1S/C17H27N3O.H2/c1-10(2)13-18-8-12(9-19-13)14(21)20-15-16(4,5)11(3)17(15,6)7;/h8-11,15H,1-7H3,(H,20,21);1H. The Kier molecular flexibility index (Phi) is 3.85. The van der Waals surface area contributed by atoms with Crippen molar-refractivity contribution in [3.05, 3.63) is 23.8 Å². The first-order chi connectivity index (χ1) is 9.58. The van der Waals surface area contributed by atoms with Crippen molar-refractivity contribution in [1.29, 1.82) is 0 Å². The van der Waals surface area contributed by atoms with Crippen LogP contribution in [-0.4, -0.2) is 21.9 Å². The van der Waals surface area contributed by atoms with Crippen molar-refractivity contribution < 1.29 is 6.22 Å². The number of carbonyl (C=O) groups excluding carboxylic acids is 1. The fourth-order valence-electron chi connectivity index (χ4n) is 3.66. The molecule has 21 heavy (non-hydrogen) atoms. The van der Waals surface area contributed by atoms with Crippen LogP contribution in [0.15, 0.2) is 12.4 Å². The fraction of sp³-hybridized carbons (Fsp3) is 0.706. The first kappa shape index (κ1) is 15.9. The summed E-state index contributed by atoms with van der Waals surface area (Å²) in [7, 11) is 0. The minimum Gasteiger partial charge on any atom is -0.348 e. The van der Waals surface area contributed by atoms with E-state index in [1.54, 1.807) is 12.4 Å². The molecule has 1 heterocycles. The molecule has 1 aromatic rings. The summed E-state index contributed by atoms with van der Waals surface area (Å²) < 4.78 is 0. The highest BCUT2D eigenvalue weighted by atomic mass is 16.1. The SMILES string of the molecule is CC(C)c1ncc(C(=O)NC2C(C)(C)C(C)C2(C)C)cn1.[HH]. The Morgan fingerprint density at radius 2 is 1.67 bits per heavy atom. The molecule has 1 N–H and O–H groups in total. The lowest BCUT2D eigenvalue weighted by Gasteiger charge is -2.63. The zero-order valence-electron chi connectivity index (χ0n) is 14.2. The van der Waals surface area contributed by atoms with Gasteiger partial charge in [-0.1, -0.05) is 48.5 Å². The number of carbonyl (C=O) groups is 1. The van der Waals surface area contributed by atoms with Gasteiger partial charge >= 0.3 is 0 Å². The number of nitrogens with one attached hydrogen (secondary N) is 1. The summed E-state index contributed by atoms with van der Waals surface area (Å²) in [5.74, 6) is 1.52. The van der Waals surface area contributed by atoms with Crippen LogP contribution in [0.25, 0.3) is 0 Å². The van der Waals surface area contributed by atoms with E-state index < -0.39 is 0 Å². The summed E-state index contributed by atoms with van der Waals surface area (Å²) in [5.41, 5.74) is 0.751. The van der Waals surface area contributed by atoms with Gasteiger partial charge in [-0.15, -0.1) is 0 Å². The largest absolute Gasteiger partial charge is 0.348 e. The van der Waals surface area contributed by atoms with Crippen LogP contribution in [0.3, 0.4) is 0 Å². The average molecular weight is 291 g/mol. The number of rotatable bonds is 3. The first-order valence-corrected chi connectivity index (χ1v) is 7.71. The van der Waals surface area contributed by atoms with Gasteiger partial charge in [0.1, 0.15) is 5.82 Å². The summed E-state index contributed by atoms with van der Waals surface area (Å²) in [4.78, 5) is 21.0. The predicted molar refractivity (Wildman–Crippen MR) is 86.2 cm³/mol. The van der Waals surface area contributed by atoms with Crippen molar-refractivity contribution in [2.45, 2.75) is 60.4 Å². The molecule has 0 aromatic carbocycles. The van der Waals surface area contributed by atoms with Crippen LogP contribution in [0.1, 0.15) is 72.0 Å². The number of amides is 1. The van der Waals surface area contributed by atoms with Crippen LogP contribution in [-0.2, 0) is 0 Å². The number of hydrogen-bond acceptors (Lipinski definition) is 3. The summed E-state index contributed by atoms with van der Waals surface area (Å²) in [5, 5.41) is 3.17. The minimum atomic E-state index is -0.0802. The highest BCUT2D eigenvalue weighted by Gasteiger charge is 2.59. The molecule has 118 valence electrons. The molecule has 0 spiro atoms. The number of hydrogen-bond donors (Lipinski definition) is 1. The topological polar surface area (TPSA) is 54.9 Å². The maximum Gasteiger partial charge on any atom is 0.254 e. The van der Waals surface area contributed by atoms with Crippen LogP contribution >= 0.6 is 0 Å². The molecule has 4 nitrogen and oxygen atoms in total. The zero-order chi connectivity index (χ0) is 16.0. The van der Waals surface area contributed by atoms with Crippen molar-refractivity contribution in [3.8, 4) is 0 Å². The lowest BCUT2D eigenvalue weighted by molar-refractivity contribution is -0.110. The molecule has 0 atom stereocenters. The Bertz CT molecular complexity index is 521. The van der Waals surface area contributed by atoms with E-state index >= 15 is 0 Å². The zero-order valence-corrected chi connectivity index (χ0v) is 14.2. The van der Waals surface area contributed by atoms with Crippen molar-refractivity contribution in [2.75, 3.05) is 0 Å². The van der Waals surface area contributed by atoms with Gasteiger partial charge in [0, 0.05) is 25.8 Å². The molecular formula is C17H29N3O. The van der Waals surface area contributed by atoms with Crippen LogP contribution in [0.4, 0.5) is 0 Å². The lowest BCUT2D eigenvalue weighted by atomic mass is 9.45. The van der Waals surface area contributed by atoms with Gasteiger partial charge in [0.2, 0.25) is 0 Å². The third-order valence-electron chi connectivity index (χ3n) is 5.45. The van der Waals surface area contributed by atoms with Gasteiger partial charge in [-0.2, -0.15) is 0 Å². The Balaban J connectivity index is 0.00000242. The summed E-state index contributed by atoms with van der Waals surface area (Å²) in [6.45, 7) is 15.2. The molecule has 1 fully saturated rings. The Labute approximate surface area is 129 Å². The second-order valence-electron chi connectivity index (χ2n) is 7.76.